The Labute approximate surface area is 160 Å². The van der Waals surface area contributed by atoms with Crippen molar-refractivity contribution in [2.45, 2.75) is 6.54 Å². The number of nitrogens with zero attached hydrogens (tertiary/aromatic N) is 7. The molecule has 2 aromatic heterocycles. The summed E-state index contributed by atoms with van der Waals surface area (Å²) in [5.74, 6) is -0.305. The van der Waals surface area contributed by atoms with Crippen LogP contribution in [0.1, 0.15) is 21.7 Å². The van der Waals surface area contributed by atoms with Gasteiger partial charge >= 0.3 is 0 Å². The van der Waals surface area contributed by atoms with Crippen LogP contribution in [0.3, 0.4) is 0 Å². The van der Waals surface area contributed by atoms with E-state index in [1.807, 2.05) is 55.4 Å². The normalized spacial score (nSPS) is 11.7. The summed E-state index contributed by atoms with van der Waals surface area (Å²) < 4.78 is 5.92. The topological polar surface area (TPSA) is 140 Å². The summed E-state index contributed by atoms with van der Waals surface area (Å²) in [7, 11) is 3.69. The van der Waals surface area contributed by atoms with E-state index in [2.05, 4.69) is 35.8 Å². The minimum Gasteiger partial charge on any atom is -0.378 e. The van der Waals surface area contributed by atoms with E-state index in [9.17, 15) is 4.79 Å². The van der Waals surface area contributed by atoms with Crippen molar-refractivity contribution < 1.29 is 9.42 Å². The van der Waals surface area contributed by atoms with Crippen molar-refractivity contribution in [1.29, 1.82) is 0 Å². The number of benzene rings is 1. The van der Waals surface area contributed by atoms with E-state index in [1.54, 1.807) is 6.08 Å². The lowest BCUT2D eigenvalue weighted by molar-refractivity contribution is 0.0948. The molecule has 3 N–H and O–H groups in total. The molecule has 1 aromatic carbocycles. The van der Waals surface area contributed by atoms with Crippen LogP contribution in [-0.4, -0.2) is 56.4 Å². The van der Waals surface area contributed by atoms with Gasteiger partial charge in [-0.3, -0.25) is 4.79 Å². The fourth-order valence-corrected chi connectivity index (χ4v) is 2.34. The first-order valence-electron chi connectivity index (χ1n) is 8.29. The number of allylic oxidation sites excluding steroid dienone is 1. The molecule has 0 unspecified atom stereocenters. The Morgan fingerprint density at radius 1 is 1.32 bits per heavy atom. The van der Waals surface area contributed by atoms with Crippen molar-refractivity contribution in [3.05, 3.63) is 53.4 Å². The lowest BCUT2D eigenvalue weighted by Crippen LogP contribution is -2.23. The van der Waals surface area contributed by atoms with Gasteiger partial charge in [0.25, 0.3) is 5.91 Å². The Balaban J connectivity index is 1.74. The molecule has 0 spiro atoms. The summed E-state index contributed by atoms with van der Waals surface area (Å²) >= 11 is 0. The maximum Gasteiger partial charge on any atom is 0.293 e. The maximum atomic E-state index is 12.5. The summed E-state index contributed by atoms with van der Waals surface area (Å²) in [5.41, 5.74) is 9.74. The van der Waals surface area contributed by atoms with Gasteiger partial charge in [-0.2, -0.15) is 9.78 Å². The minimum absolute atomic E-state index is 0.0425. The van der Waals surface area contributed by atoms with Crippen LogP contribution in [0.4, 0.5) is 5.82 Å². The zero-order chi connectivity index (χ0) is 19.9. The van der Waals surface area contributed by atoms with Crippen LogP contribution in [0.2, 0.25) is 0 Å². The molecule has 0 aliphatic carbocycles. The van der Waals surface area contributed by atoms with Gasteiger partial charge in [-0.1, -0.05) is 41.6 Å². The monoisotopic (exact) mass is 381 g/mol. The molecular formula is C17H19N9O2. The molecule has 0 aliphatic heterocycles. The second kappa shape index (κ2) is 8.68. The SMILES string of the molecule is CN(C)Cc1c(C(=O)NN=CC=Cc2ccccc2)nnn1-c1nonc1N. The molecule has 0 aliphatic rings. The van der Waals surface area contributed by atoms with Gasteiger partial charge in [0.2, 0.25) is 11.6 Å². The summed E-state index contributed by atoms with van der Waals surface area (Å²) in [6.45, 7) is 0.361. The van der Waals surface area contributed by atoms with E-state index in [0.717, 1.165) is 5.56 Å². The Kier molecular flexibility index (Phi) is 5.87. The van der Waals surface area contributed by atoms with Crippen LogP contribution < -0.4 is 11.2 Å². The molecule has 11 nitrogen and oxygen atoms in total. The maximum absolute atomic E-state index is 12.5. The van der Waals surface area contributed by atoms with E-state index in [4.69, 9.17) is 5.73 Å². The first-order chi connectivity index (χ1) is 13.6. The van der Waals surface area contributed by atoms with E-state index in [-0.39, 0.29) is 17.3 Å². The van der Waals surface area contributed by atoms with Crippen LogP contribution in [0.25, 0.3) is 11.9 Å². The first-order valence-corrected chi connectivity index (χ1v) is 8.29. The van der Waals surface area contributed by atoms with Gasteiger partial charge in [0, 0.05) is 12.8 Å². The van der Waals surface area contributed by atoms with Gasteiger partial charge in [-0.05, 0) is 36.0 Å². The third-order valence-electron chi connectivity index (χ3n) is 3.56. The van der Waals surface area contributed by atoms with E-state index in [0.29, 0.717) is 12.2 Å². The van der Waals surface area contributed by atoms with E-state index in [1.165, 1.54) is 10.9 Å². The number of hydrogen-bond acceptors (Lipinski definition) is 9. The number of amides is 1. The van der Waals surface area contributed by atoms with Gasteiger partial charge in [0.15, 0.2) is 5.69 Å². The second-order valence-corrected chi connectivity index (χ2v) is 6.00. The molecular weight excluding hydrogens is 362 g/mol. The fraction of sp³-hybridized carbons (Fsp3) is 0.176. The van der Waals surface area contributed by atoms with Crippen molar-refractivity contribution in [3.8, 4) is 5.82 Å². The molecule has 0 bridgehead atoms. The van der Waals surface area contributed by atoms with Crippen LogP contribution in [0.5, 0.6) is 0 Å². The van der Waals surface area contributed by atoms with Crippen molar-refractivity contribution >= 4 is 24.0 Å². The van der Waals surface area contributed by atoms with Crippen molar-refractivity contribution in [1.82, 2.24) is 35.6 Å². The number of nitrogens with one attached hydrogen (secondary N) is 1. The number of carbonyl (C=O) groups excluding carboxylic acids is 1. The highest BCUT2D eigenvalue weighted by molar-refractivity contribution is 5.94. The number of anilines is 1. The van der Waals surface area contributed by atoms with Gasteiger partial charge in [-0.25, -0.2) is 10.1 Å². The molecule has 1 amide bonds. The third kappa shape index (κ3) is 4.45. The van der Waals surface area contributed by atoms with Gasteiger partial charge in [0.05, 0.1) is 5.69 Å². The number of rotatable bonds is 7. The molecule has 28 heavy (non-hydrogen) atoms. The molecule has 144 valence electrons. The molecule has 2 heterocycles. The van der Waals surface area contributed by atoms with E-state index < -0.39 is 5.91 Å². The number of nitrogen functional groups attached to an aromatic ring is 1. The minimum atomic E-state index is -0.512. The van der Waals surface area contributed by atoms with Crippen molar-refractivity contribution in [2.75, 3.05) is 19.8 Å². The number of hydrazone groups is 1. The smallest absolute Gasteiger partial charge is 0.293 e. The molecule has 3 aromatic rings. The summed E-state index contributed by atoms with van der Waals surface area (Å²) in [4.78, 5) is 14.3. The molecule has 0 atom stereocenters. The predicted octanol–water partition coefficient (Wildman–Crippen LogP) is 0.723. The molecule has 3 rings (SSSR count). The average Bonchev–Trinajstić information content (AvgIpc) is 3.27. The zero-order valence-electron chi connectivity index (χ0n) is 15.4. The average molecular weight is 381 g/mol. The van der Waals surface area contributed by atoms with Crippen molar-refractivity contribution in [3.63, 3.8) is 0 Å². The standard InChI is InChI=1S/C17H19N9O2/c1-25(2)11-13-14(20-24-26(13)16-15(18)22-28-23-16)17(27)21-19-10-6-9-12-7-4-3-5-8-12/h3-10H,11H2,1-2H3,(H2,18,22)(H,21,27). The highest BCUT2D eigenvalue weighted by Crippen LogP contribution is 2.16. The Bertz CT molecular complexity index is 989. The highest BCUT2D eigenvalue weighted by Gasteiger charge is 2.24. The first kappa shape index (κ1) is 18.9. The zero-order valence-corrected chi connectivity index (χ0v) is 15.4. The number of hydrogen-bond donors (Lipinski definition) is 2. The lowest BCUT2D eigenvalue weighted by Gasteiger charge is -2.10. The number of aromatic nitrogens is 5. The van der Waals surface area contributed by atoms with Crippen LogP contribution in [-0.2, 0) is 6.54 Å². The quantitative estimate of drug-likeness (QED) is 0.451. The largest absolute Gasteiger partial charge is 0.378 e. The van der Waals surface area contributed by atoms with Crippen LogP contribution >= 0.6 is 0 Å². The van der Waals surface area contributed by atoms with E-state index >= 15 is 0 Å². The van der Waals surface area contributed by atoms with Gasteiger partial charge in [0.1, 0.15) is 0 Å². The highest BCUT2D eigenvalue weighted by atomic mass is 16.6. The van der Waals surface area contributed by atoms with Crippen LogP contribution in [0, 0.1) is 0 Å². The summed E-state index contributed by atoms with van der Waals surface area (Å²) in [6.07, 6.45) is 5.05. The molecule has 0 saturated heterocycles. The fourth-order valence-electron chi connectivity index (χ4n) is 2.34. The Hall–Kier alpha value is -3.86. The Morgan fingerprint density at radius 3 is 2.79 bits per heavy atom. The van der Waals surface area contributed by atoms with Gasteiger partial charge in [-0.15, -0.1) is 5.10 Å². The molecule has 11 heteroatoms. The van der Waals surface area contributed by atoms with Crippen molar-refractivity contribution in [2.24, 2.45) is 5.10 Å². The lowest BCUT2D eigenvalue weighted by atomic mass is 10.2. The second-order valence-electron chi connectivity index (χ2n) is 6.00. The summed E-state index contributed by atoms with van der Waals surface area (Å²) in [5, 5.41) is 19.0. The molecule has 0 saturated carbocycles. The molecule has 0 fully saturated rings. The third-order valence-corrected chi connectivity index (χ3v) is 3.56. The summed E-state index contributed by atoms with van der Waals surface area (Å²) in [6, 6.07) is 9.72. The number of nitrogens with two attached hydrogens (primary N) is 1. The molecule has 0 radical (unpaired) electrons. The Morgan fingerprint density at radius 2 is 2.11 bits per heavy atom. The van der Waals surface area contributed by atoms with Crippen LogP contribution in [0.15, 0.2) is 46.1 Å². The predicted molar refractivity (Wildman–Crippen MR) is 102 cm³/mol. The van der Waals surface area contributed by atoms with Gasteiger partial charge < -0.3 is 10.6 Å². The number of carbonyl (C=O) groups is 1.